The van der Waals surface area contributed by atoms with Gasteiger partial charge in [0.1, 0.15) is 0 Å². The van der Waals surface area contributed by atoms with Gasteiger partial charge in [-0.25, -0.2) is 0 Å². The Labute approximate surface area is 121 Å². The minimum Gasteiger partial charge on any atom is -0.354 e. The quantitative estimate of drug-likeness (QED) is 0.836. The summed E-state index contributed by atoms with van der Waals surface area (Å²) >= 11 is 0. The van der Waals surface area contributed by atoms with E-state index in [-0.39, 0.29) is 0 Å². The molecule has 1 unspecified atom stereocenters. The molecule has 0 amide bonds. The lowest BCUT2D eigenvalue weighted by atomic mass is 10.1. The molecule has 3 rings (SSSR count). The predicted octanol–water partition coefficient (Wildman–Crippen LogP) is 3.19. The molecule has 1 fully saturated rings. The lowest BCUT2D eigenvalue weighted by molar-refractivity contribution is 0.495. The number of hydrogen-bond acceptors (Lipinski definition) is 2. The fourth-order valence-corrected chi connectivity index (χ4v) is 2.79. The molecule has 2 aromatic rings. The van der Waals surface area contributed by atoms with Crippen molar-refractivity contribution in [3.05, 3.63) is 54.1 Å². The van der Waals surface area contributed by atoms with E-state index in [1.54, 1.807) is 0 Å². The highest BCUT2D eigenvalue weighted by molar-refractivity contribution is 5.18. The molecule has 3 nitrogen and oxygen atoms in total. The smallest absolute Gasteiger partial charge is 0.0363 e. The van der Waals surface area contributed by atoms with Crippen LogP contribution >= 0.6 is 0 Å². The van der Waals surface area contributed by atoms with E-state index >= 15 is 0 Å². The van der Waals surface area contributed by atoms with E-state index in [4.69, 9.17) is 0 Å². The maximum atomic E-state index is 4.17. The van der Waals surface area contributed by atoms with E-state index in [1.165, 1.54) is 24.0 Å². The summed E-state index contributed by atoms with van der Waals surface area (Å²) in [5, 5.41) is 3.62. The van der Waals surface area contributed by atoms with E-state index in [9.17, 15) is 0 Å². The van der Waals surface area contributed by atoms with Crippen molar-refractivity contribution in [2.75, 3.05) is 6.54 Å². The summed E-state index contributed by atoms with van der Waals surface area (Å²) in [4.78, 5) is 4.17. The number of rotatable bonds is 7. The van der Waals surface area contributed by atoms with Gasteiger partial charge in [-0.2, -0.15) is 0 Å². The SMILES string of the molecule is CCNC(c1ccn(CCc2cccnc2)c1)C1CC1. The van der Waals surface area contributed by atoms with Gasteiger partial charge < -0.3 is 9.88 Å². The highest BCUT2D eigenvalue weighted by Crippen LogP contribution is 2.40. The van der Waals surface area contributed by atoms with Gasteiger partial charge in [-0.15, -0.1) is 0 Å². The summed E-state index contributed by atoms with van der Waals surface area (Å²) in [7, 11) is 0. The Bertz CT molecular complexity index is 528. The summed E-state index contributed by atoms with van der Waals surface area (Å²) in [5.74, 6) is 0.851. The van der Waals surface area contributed by atoms with Crippen LogP contribution in [0.25, 0.3) is 0 Å². The first-order chi connectivity index (χ1) is 9.86. The topological polar surface area (TPSA) is 29.9 Å². The lowest BCUT2D eigenvalue weighted by Crippen LogP contribution is -2.22. The van der Waals surface area contributed by atoms with Crippen LogP contribution in [0.5, 0.6) is 0 Å². The van der Waals surface area contributed by atoms with Crippen LogP contribution in [0.2, 0.25) is 0 Å². The Balaban J connectivity index is 1.61. The lowest BCUT2D eigenvalue weighted by Gasteiger charge is -2.15. The van der Waals surface area contributed by atoms with Gasteiger partial charge in [0.15, 0.2) is 0 Å². The first-order valence-electron chi connectivity index (χ1n) is 7.65. The normalized spacial score (nSPS) is 16.2. The van der Waals surface area contributed by atoms with Crippen LogP contribution in [0.3, 0.4) is 0 Å². The van der Waals surface area contributed by atoms with Gasteiger partial charge in [-0.05, 0) is 55.0 Å². The van der Waals surface area contributed by atoms with Crippen LogP contribution < -0.4 is 5.32 Å². The van der Waals surface area contributed by atoms with E-state index in [2.05, 4.69) is 46.3 Å². The van der Waals surface area contributed by atoms with Gasteiger partial charge in [0.2, 0.25) is 0 Å². The molecule has 0 radical (unpaired) electrons. The molecule has 106 valence electrons. The summed E-state index contributed by atoms with van der Waals surface area (Å²) in [6.45, 7) is 4.26. The Morgan fingerprint density at radius 2 is 2.30 bits per heavy atom. The van der Waals surface area contributed by atoms with Gasteiger partial charge >= 0.3 is 0 Å². The van der Waals surface area contributed by atoms with E-state index in [1.807, 2.05) is 18.5 Å². The highest BCUT2D eigenvalue weighted by atomic mass is 15.0. The average molecular weight is 269 g/mol. The van der Waals surface area contributed by atoms with Crippen molar-refractivity contribution >= 4 is 0 Å². The molecule has 0 bridgehead atoms. The Morgan fingerprint density at radius 3 is 3.00 bits per heavy atom. The molecule has 0 aromatic carbocycles. The maximum absolute atomic E-state index is 4.17. The zero-order chi connectivity index (χ0) is 13.8. The molecular formula is C17H23N3. The summed E-state index contributed by atoms with van der Waals surface area (Å²) in [6, 6.07) is 6.97. The zero-order valence-electron chi connectivity index (χ0n) is 12.1. The largest absolute Gasteiger partial charge is 0.354 e. The maximum Gasteiger partial charge on any atom is 0.0363 e. The number of hydrogen-bond donors (Lipinski definition) is 1. The van der Waals surface area contributed by atoms with Crippen LogP contribution in [-0.4, -0.2) is 16.1 Å². The Morgan fingerprint density at radius 1 is 1.40 bits per heavy atom. The molecule has 20 heavy (non-hydrogen) atoms. The molecule has 0 aliphatic heterocycles. The van der Waals surface area contributed by atoms with Crippen LogP contribution in [0.1, 0.15) is 36.9 Å². The second kappa shape index (κ2) is 6.23. The minimum atomic E-state index is 0.555. The predicted molar refractivity (Wildman–Crippen MR) is 81.5 cm³/mol. The number of nitrogens with one attached hydrogen (secondary N) is 1. The number of nitrogens with zero attached hydrogens (tertiary/aromatic N) is 2. The van der Waals surface area contributed by atoms with E-state index < -0.39 is 0 Å². The molecular weight excluding hydrogens is 246 g/mol. The number of pyridine rings is 1. The second-order valence-corrected chi connectivity index (χ2v) is 5.67. The summed E-state index contributed by atoms with van der Waals surface area (Å²) in [6.07, 6.45) is 12.1. The first kappa shape index (κ1) is 13.4. The first-order valence-corrected chi connectivity index (χ1v) is 7.65. The Hall–Kier alpha value is -1.61. The van der Waals surface area contributed by atoms with Gasteiger partial charge in [0.25, 0.3) is 0 Å². The van der Waals surface area contributed by atoms with Crippen molar-refractivity contribution in [3.63, 3.8) is 0 Å². The number of aromatic nitrogens is 2. The highest BCUT2D eigenvalue weighted by Gasteiger charge is 2.31. The van der Waals surface area contributed by atoms with Gasteiger partial charge in [-0.3, -0.25) is 4.98 Å². The minimum absolute atomic E-state index is 0.555. The molecule has 1 aliphatic rings. The summed E-state index contributed by atoms with van der Waals surface area (Å²) in [5.41, 5.74) is 2.74. The molecule has 0 saturated heterocycles. The fraction of sp³-hybridized carbons (Fsp3) is 0.471. The zero-order valence-corrected chi connectivity index (χ0v) is 12.1. The van der Waals surface area contributed by atoms with Crippen LogP contribution in [0, 0.1) is 5.92 Å². The molecule has 1 N–H and O–H groups in total. The van der Waals surface area contributed by atoms with Gasteiger partial charge in [-0.1, -0.05) is 13.0 Å². The summed E-state index contributed by atoms with van der Waals surface area (Å²) < 4.78 is 2.30. The van der Waals surface area contributed by atoms with Crippen molar-refractivity contribution in [1.82, 2.24) is 14.9 Å². The van der Waals surface area contributed by atoms with Crippen LogP contribution in [0.4, 0.5) is 0 Å². The molecule has 1 atom stereocenters. The van der Waals surface area contributed by atoms with Crippen LogP contribution in [-0.2, 0) is 13.0 Å². The van der Waals surface area contributed by atoms with Crippen molar-refractivity contribution < 1.29 is 0 Å². The van der Waals surface area contributed by atoms with Crippen molar-refractivity contribution in [1.29, 1.82) is 0 Å². The molecule has 1 aliphatic carbocycles. The van der Waals surface area contributed by atoms with Crippen molar-refractivity contribution in [3.8, 4) is 0 Å². The van der Waals surface area contributed by atoms with Gasteiger partial charge in [0.05, 0.1) is 0 Å². The Kier molecular flexibility index (Phi) is 4.16. The van der Waals surface area contributed by atoms with Gasteiger partial charge in [0, 0.05) is 37.4 Å². The van der Waals surface area contributed by atoms with Crippen molar-refractivity contribution in [2.45, 2.75) is 38.8 Å². The standard InChI is InChI=1S/C17H23N3/c1-2-19-17(15-5-6-15)16-8-11-20(13-16)10-7-14-4-3-9-18-12-14/h3-4,8-9,11-13,15,17,19H,2,5-7,10H2,1H3. The molecule has 1 saturated carbocycles. The molecule has 3 heteroatoms. The monoisotopic (exact) mass is 269 g/mol. The third kappa shape index (κ3) is 3.28. The van der Waals surface area contributed by atoms with Crippen LogP contribution in [0.15, 0.2) is 43.0 Å². The number of aryl methyl sites for hydroxylation is 2. The molecule has 2 heterocycles. The fourth-order valence-electron chi connectivity index (χ4n) is 2.79. The third-order valence-corrected chi connectivity index (χ3v) is 4.03. The third-order valence-electron chi connectivity index (χ3n) is 4.03. The van der Waals surface area contributed by atoms with Crippen molar-refractivity contribution in [2.24, 2.45) is 5.92 Å². The van der Waals surface area contributed by atoms with E-state index in [0.29, 0.717) is 6.04 Å². The second-order valence-electron chi connectivity index (χ2n) is 5.67. The molecule has 0 spiro atoms. The van der Waals surface area contributed by atoms with E-state index in [0.717, 1.165) is 25.4 Å². The molecule has 2 aromatic heterocycles. The average Bonchev–Trinajstić information content (AvgIpc) is 3.22.